The summed E-state index contributed by atoms with van der Waals surface area (Å²) in [6.45, 7) is 11.8. The molecule has 1 N–H and O–H groups in total. The van der Waals surface area contributed by atoms with Crippen molar-refractivity contribution in [2.75, 3.05) is 6.61 Å². The summed E-state index contributed by atoms with van der Waals surface area (Å²) < 4.78 is 17.6. The zero-order chi connectivity index (χ0) is 17.8. The summed E-state index contributed by atoms with van der Waals surface area (Å²) in [5.74, 6) is 0. The average molecular weight is 351 g/mol. The number of rotatable bonds is 6. The van der Waals surface area contributed by atoms with Crippen molar-refractivity contribution in [3.8, 4) is 0 Å². The van der Waals surface area contributed by atoms with E-state index in [1.807, 2.05) is 30.3 Å². The van der Waals surface area contributed by atoms with Crippen molar-refractivity contribution < 1.29 is 19.0 Å². The van der Waals surface area contributed by atoms with E-state index in [4.69, 9.17) is 13.9 Å². The molecule has 0 bridgehead atoms. The van der Waals surface area contributed by atoms with Gasteiger partial charge in [0, 0.05) is 0 Å². The molecule has 1 heterocycles. The lowest BCUT2D eigenvalue weighted by Crippen LogP contribution is -2.48. The molecule has 3 atom stereocenters. The highest BCUT2D eigenvalue weighted by molar-refractivity contribution is 6.74. The van der Waals surface area contributed by atoms with Crippen LogP contribution >= 0.6 is 0 Å². The van der Waals surface area contributed by atoms with Crippen LogP contribution in [0.2, 0.25) is 18.1 Å². The number of ether oxygens (including phenoxy) is 2. The summed E-state index contributed by atoms with van der Waals surface area (Å²) in [5.41, 5.74) is 1.08. The van der Waals surface area contributed by atoms with Gasteiger partial charge in [-0.15, -0.1) is 0 Å². The Kier molecular flexibility index (Phi) is 6.26. The summed E-state index contributed by atoms with van der Waals surface area (Å²) in [7, 11) is -1.87. The summed E-state index contributed by atoms with van der Waals surface area (Å²) in [6, 6.07) is 9.94. The second-order valence-electron chi connectivity index (χ2n) is 7.83. The van der Waals surface area contributed by atoms with Crippen molar-refractivity contribution in [2.45, 2.75) is 63.8 Å². The minimum Gasteiger partial charge on any atom is -0.493 e. The van der Waals surface area contributed by atoms with Gasteiger partial charge in [-0.2, -0.15) is 0 Å². The average Bonchev–Trinajstić information content (AvgIpc) is 2.52. The number of aliphatic hydroxyl groups is 1. The Labute approximate surface area is 146 Å². The summed E-state index contributed by atoms with van der Waals surface area (Å²) in [5, 5.41) is 10.7. The molecule has 134 valence electrons. The van der Waals surface area contributed by atoms with E-state index >= 15 is 0 Å². The second kappa shape index (κ2) is 7.83. The molecule has 1 aromatic rings. The number of benzene rings is 1. The molecule has 0 aliphatic carbocycles. The largest absolute Gasteiger partial charge is 0.493 e. The van der Waals surface area contributed by atoms with Crippen LogP contribution in [0.25, 0.3) is 0 Å². The highest BCUT2D eigenvalue weighted by Gasteiger charge is 2.39. The maximum absolute atomic E-state index is 10.5. The van der Waals surface area contributed by atoms with Crippen LogP contribution in [-0.2, 0) is 20.5 Å². The van der Waals surface area contributed by atoms with Gasteiger partial charge in [0.1, 0.15) is 18.3 Å². The SMILES string of the molecule is CC(C)(C)[Si](C)(C)OC[C@H]1OC=C[C@@H](OCc2ccccc2)[C@H]1O. The molecule has 0 fully saturated rings. The minimum atomic E-state index is -1.87. The third-order valence-electron chi connectivity index (χ3n) is 4.94. The molecule has 0 saturated carbocycles. The number of aliphatic hydroxyl groups excluding tert-OH is 1. The Bertz CT molecular complexity index is 536. The first-order valence-electron chi connectivity index (χ1n) is 8.50. The first kappa shape index (κ1) is 19.2. The molecule has 1 aliphatic heterocycles. The monoisotopic (exact) mass is 350 g/mol. The highest BCUT2D eigenvalue weighted by atomic mass is 28.4. The molecule has 0 radical (unpaired) electrons. The lowest BCUT2D eigenvalue weighted by molar-refractivity contribution is -0.104. The van der Waals surface area contributed by atoms with E-state index in [-0.39, 0.29) is 11.1 Å². The van der Waals surface area contributed by atoms with Crippen molar-refractivity contribution in [2.24, 2.45) is 0 Å². The van der Waals surface area contributed by atoms with Crippen molar-refractivity contribution in [1.82, 2.24) is 0 Å². The zero-order valence-electron chi connectivity index (χ0n) is 15.4. The van der Waals surface area contributed by atoms with E-state index in [2.05, 4.69) is 33.9 Å². The lowest BCUT2D eigenvalue weighted by Gasteiger charge is -2.39. The topological polar surface area (TPSA) is 47.9 Å². The van der Waals surface area contributed by atoms with E-state index in [1.165, 1.54) is 0 Å². The fourth-order valence-electron chi connectivity index (χ4n) is 2.20. The van der Waals surface area contributed by atoms with Crippen LogP contribution < -0.4 is 0 Å². The molecule has 4 nitrogen and oxygen atoms in total. The van der Waals surface area contributed by atoms with E-state index in [9.17, 15) is 5.11 Å². The van der Waals surface area contributed by atoms with E-state index in [0.29, 0.717) is 13.2 Å². The van der Waals surface area contributed by atoms with Crippen LogP contribution in [0.5, 0.6) is 0 Å². The first-order valence-corrected chi connectivity index (χ1v) is 11.4. The van der Waals surface area contributed by atoms with Gasteiger partial charge in [-0.25, -0.2) is 0 Å². The minimum absolute atomic E-state index is 0.131. The van der Waals surface area contributed by atoms with Gasteiger partial charge in [0.2, 0.25) is 0 Å². The van der Waals surface area contributed by atoms with Crippen LogP contribution in [0, 0.1) is 0 Å². The van der Waals surface area contributed by atoms with Crippen LogP contribution in [-0.4, -0.2) is 38.3 Å². The fraction of sp³-hybridized carbons (Fsp3) is 0.579. The number of hydrogen-bond acceptors (Lipinski definition) is 4. The highest BCUT2D eigenvalue weighted by Crippen LogP contribution is 2.36. The lowest BCUT2D eigenvalue weighted by atomic mass is 10.1. The third kappa shape index (κ3) is 4.93. The molecule has 1 aliphatic rings. The van der Waals surface area contributed by atoms with Crippen molar-refractivity contribution >= 4 is 8.32 Å². The van der Waals surface area contributed by atoms with Gasteiger partial charge in [-0.1, -0.05) is 51.1 Å². The molecule has 0 spiro atoms. The van der Waals surface area contributed by atoms with Gasteiger partial charge in [-0.05, 0) is 29.8 Å². The molecular formula is C19H30O4Si. The van der Waals surface area contributed by atoms with Crippen molar-refractivity contribution in [1.29, 1.82) is 0 Å². The maximum atomic E-state index is 10.5. The van der Waals surface area contributed by atoms with Crippen molar-refractivity contribution in [3.63, 3.8) is 0 Å². The van der Waals surface area contributed by atoms with Crippen LogP contribution in [0.4, 0.5) is 0 Å². The molecular weight excluding hydrogens is 320 g/mol. The molecule has 24 heavy (non-hydrogen) atoms. The van der Waals surface area contributed by atoms with E-state index in [1.54, 1.807) is 12.3 Å². The normalized spacial score (nSPS) is 24.7. The molecule has 2 rings (SSSR count). The molecule has 1 aromatic carbocycles. The molecule has 0 amide bonds. The van der Waals surface area contributed by atoms with Crippen LogP contribution in [0.15, 0.2) is 42.7 Å². The molecule has 5 heteroatoms. The Morgan fingerprint density at radius 3 is 2.46 bits per heavy atom. The Hall–Kier alpha value is -1.14. The van der Waals surface area contributed by atoms with Gasteiger partial charge in [0.15, 0.2) is 8.32 Å². The van der Waals surface area contributed by atoms with E-state index in [0.717, 1.165) is 5.56 Å². The predicted molar refractivity (Wildman–Crippen MR) is 98.2 cm³/mol. The Morgan fingerprint density at radius 1 is 1.17 bits per heavy atom. The van der Waals surface area contributed by atoms with Crippen molar-refractivity contribution in [3.05, 3.63) is 48.2 Å². The van der Waals surface area contributed by atoms with Gasteiger partial charge in [-0.3, -0.25) is 0 Å². The van der Waals surface area contributed by atoms with Gasteiger partial charge < -0.3 is 19.0 Å². The van der Waals surface area contributed by atoms with Crippen LogP contribution in [0.1, 0.15) is 26.3 Å². The molecule has 0 unspecified atom stereocenters. The van der Waals surface area contributed by atoms with Gasteiger partial charge in [0.25, 0.3) is 0 Å². The van der Waals surface area contributed by atoms with Gasteiger partial charge >= 0.3 is 0 Å². The maximum Gasteiger partial charge on any atom is 0.192 e. The summed E-state index contributed by atoms with van der Waals surface area (Å²) in [6.07, 6.45) is 1.86. The van der Waals surface area contributed by atoms with Crippen LogP contribution in [0.3, 0.4) is 0 Å². The van der Waals surface area contributed by atoms with Gasteiger partial charge in [0.05, 0.1) is 19.5 Å². The van der Waals surface area contributed by atoms with E-state index < -0.39 is 20.5 Å². The number of hydrogen-bond donors (Lipinski definition) is 1. The quantitative estimate of drug-likeness (QED) is 0.791. The first-order chi connectivity index (χ1) is 11.2. The summed E-state index contributed by atoms with van der Waals surface area (Å²) >= 11 is 0. The Balaban J connectivity index is 1.89. The fourth-order valence-corrected chi connectivity index (χ4v) is 3.21. The Morgan fingerprint density at radius 2 is 1.83 bits per heavy atom. The molecule has 0 saturated heterocycles. The summed E-state index contributed by atoms with van der Waals surface area (Å²) in [4.78, 5) is 0. The third-order valence-corrected chi connectivity index (χ3v) is 9.44. The zero-order valence-corrected chi connectivity index (χ0v) is 16.4. The molecule has 0 aromatic heterocycles. The smallest absolute Gasteiger partial charge is 0.192 e. The second-order valence-corrected chi connectivity index (χ2v) is 12.6. The predicted octanol–water partition coefficient (Wildman–Crippen LogP) is 3.87. The standard InChI is InChI=1S/C19H30O4Si/c1-19(2,3)24(4,5)23-14-17-18(20)16(11-12-21-17)22-13-15-9-7-6-8-10-15/h6-12,16-18,20H,13-14H2,1-5H3/t16-,17-,18-/m1/s1.